The fourth-order valence-electron chi connectivity index (χ4n) is 2.70. The van der Waals surface area contributed by atoms with E-state index in [1.807, 2.05) is 6.92 Å². The molecule has 1 N–H and O–H groups in total. The summed E-state index contributed by atoms with van der Waals surface area (Å²) in [5, 5.41) is 3.79. The van der Waals surface area contributed by atoms with E-state index in [0.717, 1.165) is 24.3 Å². The largest absolute Gasteiger partial charge is 0.451 e. The Hall–Kier alpha value is -1.43. The molecule has 116 valence electrons. The fraction of sp³-hybridized carbons (Fsp3) is 0.667. The molecule has 0 bridgehead atoms. The molecule has 1 aliphatic rings. The van der Waals surface area contributed by atoms with Gasteiger partial charge in [-0.05, 0) is 32.6 Å². The maximum absolute atomic E-state index is 11.9. The minimum atomic E-state index is -0.468. The van der Waals surface area contributed by atoms with Crippen molar-refractivity contribution in [3.8, 4) is 0 Å². The van der Waals surface area contributed by atoms with Crippen LogP contribution in [0.4, 0.5) is 0 Å². The number of aromatic nitrogens is 1. The summed E-state index contributed by atoms with van der Waals surface area (Å²) in [6.45, 7) is 5.54. The molecule has 0 spiro atoms. The number of amides is 1. The van der Waals surface area contributed by atoms with Gasteiger partial charge in [0.15, 0.2) is 6.61 Å². The molecule has 1 heterocycles. The molecule has 0 saturated heterocycles. The lowest BCUT2D eigenvalue weighted by molar-refractivity contribution is -0.125. The van der Waals surface area contributed by atoms with Crippen LogP contribution in [0.5, 0.6) is 0 Å². The second-order valence-electron chi connectivity index (χ2n) is 5.66. The first-order valence-electron chi connectivity index (χ1n) is 7.38. The molecular weight excluding hydrogens is 288 g/mol. The quantitative estimate of drug-likeness (QED) is 0.868. The maximum atomic E-state index is 11.9. The van der Waals surface area contributed by atoms with Crippen molar-refractivity contribution >= 4 is 23.2 Å². The second kappa shape index (κ2) is 7.02. The molecule has 1 saturated carbocycles. The molecule has 0 aliphatic heterocycles. The molecule has 6 heteroatoms. The first kappa shape index (κ1) is 15.9. The van der Waals surface area contributed by atoms with E-state index in [9.17, 15) is 9.59 Å². The predicted molar refractivity (Wildman–Crippen MR) is 81.4 cm³/mol. The third kappa shape index (κ3) is 4.27. The Morgan fingerprint density at radius 1 is 1.33 bits per heavy atom. The molecule has 0 aromatic carbocycles. The van der Waals surface area contributed by atoms with E-state index < -0.39 is 5.97 Å². The van der Waals surface area contributed by atoms with Crippen LogP contribution in [0, 0.1) is 19.8 Å². The molecule has 1 aromatic heterocycles. The lowest BCUT2D eigenvalue weighted by Crippen LogP contribution is -2.42. The highest BCUT2D eigenvalue weighted by Gasteiger charge is 2.23. The number of rotatable bonds is 4. The van der Waals surface area contributed by atoms with E-state index in [0.29, 0.717) is 16.5 Å². The van der Waals surface area contributed by atoms with Gasteiger partial charge in [-0.1, -0.05) is 19.8 Å². The summed E-state index contributed by atoms with van der Waals surface area (Å²) in [5.74, 6) is -0.198. The first-order chi connectivity index (χ1) is 9.97. The summed E-state index contributed by atoms with van der Waals surface area (Å²) in [6.07, 6.45) is 4.53. The topological polar surface area (TPSA) is 68.3 Å². The Labute approximate surface area is 129 Å². The van der Waals surface area contributed by atoms with Crippen LogP contribution in [0.15, 0.2) is 0 Å². The van der Waals surface area contributed by atoms with Crippen molar-refractivity contribution in [2.24, 2.45) is 5.92 Å². The van der Waals surface area contributed by atoms with Crippen molar-refractivity contribution in [2.75, 3.05) is 6.61 Å². The van der Waals surface area contributed by atoms with Crippen LogP contribution in [0.25, 0.3) is 0 Å². The van der Waals surface area contributed by atoms with Crippen molar-refractivity contribution in [1.82, 2.24) is 10.3 Å². The molecule has 0 unspecified atom stereocenters. The average molecular weight is 310 g/mol. The Morgan fingerprint density at radius 2 is 2.05 bits per heavy atom. The summed E-state index contributed by atoms with van der Waals surface area (Å²) in [4.78, 5) is 28.4. The molecule has 2 rings (SSSR count). The maximum Gasteiger partial charge on any atom is 0.350 e. The highest BCUT2D eigenvalue weighted by Crippen LogP contribution is 2.23. The standard InChI is InChI=1S/C15H22N2O3S/c1-9-6-4-5-7-12(9)17-13(18)8-20-15(19)14-10(2)16-11(3)21-14/h9,12H,4-8H2,1-3H3,(H,17,18)/t9-,12+/m0/s1. The van der Waals surface area contributed by atoms with Crippen molar-refractivity contribution < 1.29 is 14.3 Å². The highest BCUT2D eigenvalue weighted by molar-refractivity contribution is 7.13. The lowest BCUT2D eigenvalue weighted by atomic mass is 9.86. The third-order valence-electron chi connectivity index (χ3n) is 3.88. The molecule has 5 nitrogen and oxygen atoms in total. The minimum Gasteiger partial charge on any atom is -0.451 e. The molecule has 0 radical (unpaired) electrons. The number of nitrogens with zero attached hydrogens (tertiary/aromatic N) is 1. The van der Waals surface area contributed by atoms with E-state index >= 15 is 0 Å². The smallest absolute Gasteiger partial charge is 0.350 e. The zero-order valence-electron chi connectivity index (χ0n) is 12.8. The zero-order valence-corrected chi connectivity index (χ0v) is 13.6. The van der Waals surface area contributed by atoms with Crippen LogP contribution in [-0.4, -0.2) is 29.5 Å². The third-order valence-corrected chi connectivity index (χ3v) is 4.93. The monoisotopic (exact) mass is 310 g/mol. The van der Waals surface area contributed by atoms with E-state index in [2.05, 4.69) is 17.2 Å². The van der Waals surface area contributed by atoms with Crippen molar-refractivity contribution in [1.29, 1.82) is 0 Å². The van der Waals surface area contributed by atoms with Gasteiger partial charge in [-0.25, -0.2) is 9.78 Å². The van der Waals surface area contributed by atoms with Crippen LogP contribution in [0.3, 0.4) is 0 Å². The van der Waals surface area contributed by atoms with Crippen molar-refractivity contribution in [2.45, 2.75) is 52.5 Å². The lowest BCUT2D eigenvalue weighted by Gasteiger charge is -2.29. The van der Waals surface area contributed by atoms with Crippen LogP contribution in [0.2, 0.25) is 0 Å². The molecule has 21 heavy (non-hydrogen) atoms. The second-order valence-corrected chi connectivity index (χ2v) is 6.86. The van der Waals surface area contributed by atoms with Crippen molar-refractivity contribution in [3.05, 3.63) is 15.6 Å². The van der Waals surface area contributed by atoms with Gasteiger partial charge in [0, 0.05) is 6.04 Å². The SMILES string of the molecule is Cc1nc(C)c(C(=O)OCC(=O)N[C@@H]2CCCC[C@@H]2C)s1. The Bertz CT molecular complexity index is 527. The molecule has 2 atom stereocenters. The van der Waals surface area contributed by atoms with Crippen LogP contribution in [0.1, 0.15) is 53.0 Å². The van der Waals surface area contributed by atoms with Gasteiger partial charge in [-0.15, -0.1) is 11.3 Å². The summed E-state index contributed by atoms with van der Waals surface area (Å²) < 4.78 is 5.08. The summed E-state index contributed by atoms with van der Waals surface area (Å²) in [5.41, 5.74) is 0.656. The highest BCUT2D eigenvalue weighted by atomic mass is 32.1. The number of carbonyl (C=O) groups is 2. The number of hydrogen-bond donors (Lipinski definition) is 1. The van der Waals surface area contributed by atoms with Gasteiger partial charge in [0.25, 0.3) is 5.91 Å². The Morgan fingerprint density at radius 3 is 2.67 bits per heavy atom. The number of aryl methyl sites for hydroxylation is 2. The number of carbonyl (C=O) groups excluding carboxylic acids is 2. The molecule has 1 fully saturated rings. The van der Waals surface area contributed by atoms with Gasteiger partial charge < -0.3 is 10.1 Å². The summed E-state index contributed by atoms with van der Waals surface area (Å²) in [7, 11) is 0. The number of ether oxygens (including phenoxy) is 1. The van der Waals surface area contributed by atoms with E-state index in [-0.39, 0.29) is 18.6 Å². The molecule has 1 amide bonds. The van der Waals surface area contributed by atoms with Crippen LogP contribution in [-0.2, 0) is 9.53 Å². The minimum absolute atomic E-state index is 0.206. The van der Waals surface area contributed by atoms with Gasteiger partial charge in [0.05, 0.1) is 10.7 Å². The molecule has 1 aliphatic carbocycles. The fourth-order valence-corrected chi connectivity index (χ4v) is 3.51. The van der Waals surface area contributed by atoms with Gasteiger partial charge in [-0.2, -0.15) is 0 Å². The van der Waals surface area contributed by atoms with Crippen LogP contribution < -0.4 is 5.32 Å². The number of nitrogens with one attached hydrogen (secondary N) is 1. The zero-order chi connectivity index (χ0) is 15.4. The normalized spacial score (nSPS) is 21.9. The summed E-state index contributed by atoms with van der Waals surface area (Å²) >= 11 is 1.29. The first-order valence-corrected chi connectivity index (χ1v) is 8.19. The van der Waals surface area contributed by atoms with Gasteiger partial charge >= 0.3 is 5.97 Å². The Kier molecular flexibility index (Phi) is 5.33. The number of thiazole rings is 1. The van der Waals surface area contributed by atoms with Gasteiger partial charge in [-0.3, -0.25) is 4.79 Å². The molecular formula is C15H22N2O3S. The Balaban J connectivity index is 1.81. The molecule has 1 aromatic rings. The van der Waals surface area contributed by atoms with E-state index in [4.69, 9.17) is 4.74 Å². The average Bonchev–Trinajstić information content (AvgIpc) is 2.78. The van der Waals surface area contributed by atoms with Crippen LogP contribution >= 0.6 is 11.3 Å². The van der Waals surface area contributed by atoms with E-state index in [1.165, 1.54) is 17.8 Å². The number of esters is 1. The number of hydrogen-bond acceptors (Lipinski definition) is 5. The summed E-state index contributed by atoms with van der Waals surface area (Å²) in [6, 6.07) is 0.206. The predicted octanol–water partition coefficient (Wildman–Crippen LogP) is 2.61. The van der Waals surface area contributed by atoms with Crippen molar-refractivity contribution in [3.63, 3.8) is 0 Å². The van der Waals surface area contributed by atoms with Gasteiger partial charge in [0.2, 0.25) is 0 Å². The van der Waals surface area contributed by atoms with E-state index in [1.54, 1.807) is 6.92 Å². The van der Waals surface area contributed by atoms with Gasteiger partial charge in [0.1, 0.15) is 4.88 Å².